The fourth-order valence-electron chi connectivity index (χ4n) is 11.2. The lowest BCUT2D eigenvalue weighted by Gasteiger charge is -2.28. The molecule has 0 aliphatic carbocycles. The number of thiol groups is 4. The quantitative estimate of drug-likeness (QED) is 0.0652. The normalized spacial score (nSPS) is 14.4. The first-order valence-corrected chi connectivity index (χ1v) is 21.9. The summed E-state index contributed by atoms with van der Waals surface area (Å²) in [6.07, 6.45) is 0. The van der Waals surface area contributed by atoms with Crippen LogP contribution in [0.3, 0.4) is 0 Å². The minimum Gasteiger partial charge on any atom is -0.151 e. The van der Waals surface area contributed by atoms with E-state index in [1.54, 1.807) is 5.41 Å². The van der Waals surface area contributed by atoms with Gasteiger partial charge in [-0.25, -0.2) is 0 Å². The minimum atomic E-state index is 0.449. The first-order valence-electron chi connectivity index (χ1n) is 19.0. The minimum absolute atomic E-state index is 0.449. The molecule has 0 saturated heterocycles. The average Bonchev–Trinajstić information content (AvgIpc) is 3.27. The Morgan fingerprint density at radius 2 is 0.603 bits per heavy atom. The van der Waals surface area contributed by atoms with Crippen LogP contribution < -0.4 is 20.9 Å². The van der Waals surface area contributed by atoms with Crippen molar-refractivity contribution in [2.24, 2.45) is 0 Å². The van der Waals surface area contributed by atoms with Crippen LogP contribution in [0.2, 0.25) is 10.0 Å². The van der Waals surface area contributed by atoms with Crippen LogP contribution in [0, 0.1) is 0 Å². The van der Waals surface area contributed by atoms with Gasteiger partial charge in [0.2, 0.25) is 0 Å². The Balaban J connectivity index is 1.64. The van der Waals surface area contributed by atoms with E-state index >= 15 is 0 Å². The maximum Gasteiger partial charge on any atom is 0.0684 e. The zero-order chi connectivity index (χ0) is 38.9. The first-order chi connectivity index (χ1) is 28.5. The van der Waals surface area contributed by atoms with Crippen LogP contribution in [0.5, 0.6) is 0 Å². The van der Waals surface area contributed by atoms with Crippen molar-refractivity contribution in [3.63, 3.8) is 0 Å². The molecule has 0 aliphatic rings. The van der Waals surface area contributed by atoms with Gasteiger partial charge in [-0.1, -0.05) is 132 Å². The predicted octanol–water partition coefficient (Wildman–Crippen LogP) is 13.8. The molecule has 13 rings (SSSR count). The van der Waals surface area contributed by atoms with E-state index in [9.17, 15) is 0 Å². The third-order valence-electron chi connectivity index (χ3n) is 13.1. The highest BCUT2D eigenvalue weighted by atomic mass is 35.5. The van der Waals surface area contributed by atoms with Crippen molar-refractivity contribution in [1.29, 1.82) is 0 Å². The molecule has 0 fully saturated rings. The summed E-state index contributed by atoms with van der Waals surface area (Å²) in [5, 5.41) is 40.4. The Hall–Kier alpha value is -4.78. The molecule has 0 radical (unpaired) electrons. The van der Waals surface area contributed by atoms with Crippen molar-refractivity contribution in [3.05, 3.63) is 140 Å². The SMILES string of the molecule is SC=c1ccc2c(c1=CS)c1c3c(=CS)c(=CS)c(Cl)c(Cl)c3c3c4ccccc4c4c5ccccc5c5c6ccccc6c6c7ccccc7c2c2c6c5c4c3c12. The lowest BCUT2D eigenvalue weighted by atomic mass is 9.74. The molecule has 0 nitrogen and oxygen atoms in total. The standard InChI is InChI=1S/C52H26Cl2S4/c53-51-35(22-58)34(21-57)42-43-40-32(18-17-23(19-55)33(40)20-56)39-29-14-6-5-13-28(29)37-25-10-2-1-9-24(25)36-26-11-3-4-12-27(26)38-30-15-7-8-16-31(30)41(50(42)52(51)54)48-46(38)44(36)45(37)47(39)49(43)48/h1-22,55-58H. The van der Waals surface area contributed by atoms with Crippen molar-refractivity contribution in [2.75, 3.05) is 0 Å². The molecule has 0 amide bonds. The van der Waals surface area contributed by atoms with Crippen LogP contribution in [0.4, 0.5) is 0 Å². The topological polar surface area (TPSA) is 0 Å². The van der Waals surface area contributed by atoms with Gasteiger partial charge in [-0.2, -0.15) is 50.5 Å². The van der Waals surface area contributed by atoms with Crippen LogP contribution >= 0.6 is 73.7 Å². The van der Waals surface area contributed by atoms with Crippen molar-refractivity contribution in [1.82, 2.24) is 0 Å². The third-order valence-corrected chi connectivity index (χ3v) is 15.1. The monoisotopic (exact) mass is 848 g/mol. The Labute approximate surface area is 361 Å². The van der Waals surface area contributed by atoms with E-state index in [1.807, 2.05) is 16.2 Å². The molecule has 13 aromatic rings. The molecule has 0 spiro atoms. The molecule has 0 N–H and O–H groups in total. The summed E-state index contributed by atoms with van der Waals surface area (Å²) in [6, 6.07) is 40.2. The van der Waals surface area contributed by atoms with E-state index in [-0.39, 0.29) is 0 Å². The van der Waals surface area contributed by atoms with Gasteiger partial charge in [0.05, 0.1) is 10.0 Å². The Kier molecular flexibility index (Phi) is 7.01. The number of benzene rings is 13. The number of hydrogen-bond acceptors (Lipinski definition) is 4. The highest BCUT2D eigenvalue weighted by molar-refractivity contribution is 7.89. The molecule has 272 valence electrons. The molecule has 0 bridgehead atoms. The highest BCUT2D eigenvalue weighted by Crippen LogP contribution is 2.59. The van der Waals surface area contributed by atoms with Gasteiger partial charge in [0.15, 0.2) is 0 Å². The molecule has 0 aliphatic heterocycles. The maximum absolute atomic E-state index is 7.73. The molecule has 0 aromatic heterocycles. The summed E-state index contributed by atoms with van der Waals surface area (Å²) < 4.78 is 0. The van der Waals surface area contributed by atoms with Gasteiger partial charge >= 0.3 is 0 Å². The fraction of sp³-hybridized carbons (Fsp3) is 0. The van der Waals surface area contributed by atoms with Crippen molar-refractivity contribution in [3.8, 4) is 0 Å². The molecule has 6 heteroatoms. The molecule has 0 unspecified atom stereocenters. The number of hydrogen-bond donors (Lipinski definition) is 4. The second kappa shape index (κ2) is 11.9. The zero-order valence-electron chi connectivity index (χ0n) is 30.2. The highest BCUT2D eigenvalue weighted by Gasteiger charge is 2.31. The van der Waals surface area contributed by atoms with Crippen LogP contribution in [-0.2, 0) is 0 Å². The number of fused-ring (bicyclic) bond motifs is 18. The predicted molar refractivity (Wildman–Crippen MR) is 272 cm³/mol. The van der Waals surface area contributed by atoms with E-state index in [0.717, 1.165) is 58.6 Å². The molecular formula is C52H26Cl2S4. The molecule has 13 aromatic carbocycles. The van der Waals surface area contributed by atoms with Crippen LogP contribution in [0.25, 0.3) is 151 Å². The maximum atomic E-state index is 7.73. The van der Waals surface area contributed by atoms with E-state index in [0.29, 0.717) is 10.0 Å². The summed E-state index contributed by atoms with van der Waals surface area (Å²) in [6.45, 7) is 0. The van der Waals surface area contributed by atoms with Gasteiger partial charge in [0.1, 0.15) is 0 Å². The van der Waals surface area contributed by atoms with Crippen LogP contribution in [0.15, 0.2) is 109 Å². The Bertz CT molecular complexity index is 4310. The number of rotatable bonds is 0. The second-order valence-corrected chi connectivity index (χ2v) is 17.2. The molecule has 0 saturated carbocycles. The average molecular weight is 850 g/mol. The van der Waals surface area contributed by atoms with Gasteiger partial charge in [-0.15, -0.1) is 0 Å². The lowest BCUT2D eigenvalue weighted by Crippen LogP contribution is -2.28. The van der Waals surface area contributed by atoms with Crippen LogP contribution in [0.1, 0.15) is 0 Å². The summed E-state index contributed by atoms with van der Waals surface area (Å²) >= 11 is 34.5. The van der Waals surface area contributed by atoms with Crippen molar-refractivity contribution in [2.45, 2.75) is 0 Å². The van der Waals surface area contributed by atoms with E-state index < -0.39 is 0 Å². The Morgan fingerprint density at radius 3 is 1.00 bits per heavy atom. The van der Waals surface area contributed by atoms with Gasteiger partial charge in [-0.05, 0) is 140 Å². The largest absolute Gasteiger partial charge is 0.151 e. The lowest BCUT2D eigenvalue weighted by molar-refractivity contribution is 1.62. The summed E-state index contributed by atoms with van der Waals surface area (Å²) in [4.78, 5) is 0. The van der Waals surface area contributed by atoms with Gasteiger partial charge in [0, 0.05) is 32.1 Å². The summed E-state index contributed by atoms with van der Waals surface area (Å²) in [5.74, 6) is 0. The summed E-state index contributed by atoms with van der Waals surface area (Å²) in [5.41, 5.74) is 0. The molecule has 0 atom stereocenters. The summed E-state index contributed by atoms with van der Waals surface area (Å²) in [7, 11) is 0. The van der Waals surface area contributed by atoms with Gasteiger partial charge in [0.25, 0.3) is 0 Å². The first kappa shape index (κ1) is 34.1. The number of halogens is 2. The molecular weight excluding hydrogens is 824 g/mol. The second-order valence-electron chi connectivity index (χ2n) is 15.4. The van der Waals surface area contributed by atoms with Gasteiger partial charge < -0.3 is 0 Å². The third kappa shape index (κ3) is 3.81. The van der Waals surface area contributed by atoms with Crippen molar-refractivity contribution >= 4 is 225 Å². The van der Waals surface area contributed by atoms with E-state index in [2.05, 4.69) is 109 Å². The fourth-order valence-corrected chi connectivity index (χ4v) is 12.9. The Morgan fingerprint density at radius 1 is 0.259 bits per heavy atom. The molecule has 0 heterocycles. The van der Waals surface area contributed by atoms with Gasteiger partial charge in [-0.3, -0.25) is 0 Å². The molecule has 58 heavy (non-hydrogen) atoms. The van der Waals surface area contributed by atoms with Crippen molar-refractivity contribution < 1.29 is 0 Å². The zero-order valence-corrected chi connectivity index (χ0v) is 35.3. The smallest absolute Gasteiger partial charge is 0.0684 e. The van der Waals surface area contributed by atoms with Crippen LogP contribution in [-0.4, -0.2) is 0 Å². The van der Waals surface area contributed by atoms with E-state index in [4.69, 9.17) is 73.7 Å². The van der Waals surface area contributed by atoms with E-state index in [1.165, 1.54) is 91.6 Å².